The first kappa shape index (κ1) is 16.6. The van der Waals surface area contributed by atoms with Crippen LogP contribution in [-0.4, -0.2) is 31.6 Å². The molecule has 0 aromatic carbocycles. The summed E-state index contributed by atoms with van der Waals surface area (Å²) in [4.78, 5) is 2.41. The van der Waals surface area contributed by atoms with Crippen LogP contribution in [0.15, 0.2) is 16.5 Å². The molecule has 0 radical (unpaired) electrons. The number of rotatable bonds is 6. The third-order valence-electron chi connectivity index (χ3n) is 5.10. The fourth-order valence-corrected chi connectivity index (χ4v) is 3.79. The molecule has 1 heterocycles. The molecule has 1 saturated carbocycles. The van der Waals surface area contributed by atoms with Gasteiger partial charge in [0, 0.05) is 12.6 Å². The van der Waals surface area contributed by atoms with Crippen LogP contribution in [0.1, 0.15) is 44.6 Å². The highest BCUT2D eigenvalue weighted by Gasteiger charge is 2.31. The Morgan fingerprint density at radius 2 is 2.10 bits per heavy atom. The van der Waals surface area contributed by atoms with Gasteiger partial charge in [-0.1, -0.05) is 13.8 Å². The van der Waals surface area contributed by atoms with E-state index in [-0.39, 0.29) is 0 Å². The molecule has 1 aliphatic carbocycles. The normalized spacial score (nSPS) is 26.7. The highest BCUT2D eigenvalue weighted by molar-refractivity contribution is 5.05. The van der Waals surface area contributed by atoms with Crippen LogP contribution in [0.4, 0.5) is 0 Å². The van der Waals surface area contributed by atoms with Crippen LogP contribution in [0.3, 0.4) is 0 Å². The third-order valence-corrected chi connectivity index (χ3v) is 5.10. The SMILES string of the molecule is CNC1CCC(C(C)C)CC1CN(C)Cc1ccc(C)o1. The first-order valence-electron chi connectivity index (χ1n) is 8.40. The Labute approximate surface area is 130 Å². The molecular weight excluding hydrogens is 260 g/mol. The summed E-state index contributed by atoms with van der Waals surface area (Å²) < 4.78 is 5.70. The second kappa shape index (κ2) is 7.46. The summed E-state index contributed by atoms with van der Waals surface area (Å²) in [5.74, 6) is 4.52. The Morgan fingerprint density at radius 1 is 1.33 bits per heavy atom. The lowest BCUT2D eigenvalue weighted by atomic mass is 9.73. The molecule has 1 aliphatic rings. The highest BCUT2D eigenvalue weighted by Crippen LogP contribution is 2.34. The van der Waals surface area contributed by atoms with Gasteiger partial charge in [0.1, 0.15) is 11.5 Å². The van der Waals surface area contributed by atoms with Crippen LogP contribution in [-0.2, 0) is 6.54 Å². The van der Waals surface area contributed by atoms with Gasteiger partial charge in [-0.2, -0.15) is 0 Å². The fraction of sp³-hybridized carbons (Fsp3) is 0.778. The molecule has 3 heteroatoms. The molecule has 3 atom stereocenters. The summed E-state index contributed by atoms with van der Waals surface area (Å²) in [7, 11) is 4.33. The van der Waals surface area contributed by atoms with Crippen molar-refractivity contribution in [1.29, 1.82) is 0 Å². The van der Waals surface area contributed by atoms with Gasteiger partial charge in [-0.3, -0.25) is 4.90 Å². The van der Waals surface area contributed by atoms with E-state index in [2.05, 4.69) is 50.3 Å². The summed E-state index contributed by atoms with van der Waals surface area (Å²) in [5.41, 5.74) is 0. The van der Waals surface area contributed by atoms with Crippen LogP contribution in [0.2, 0.25) is 0 Å². The minimum atomic E-state index is 0.667. The van der Waals surface area contributed by atoms with Crippen molar-refractivity contribution in [3.8, 4) is 0 Å². The first-order valence-corrected chi connectivity index (χ1v) is 8.40. The quantitative estimate of drug-likeness (QED) is 0.867. The van der Waals surface area contributed by atoms with E-state index in [9.17, 15) is 0 Å². The lowest BCUT2D eigenvalue weighted by molar-refractivity contribution is 0.130. The van der Waals surface area contributed by atoms with Gasteiger partial charge in [-0.25, -0.2) is 0 Å². The number of hydrogen-bond donors (Lipinski definition) is 1. The molecule has 1 fully saturated rings. The zero-order valence-electron chi connectivity index (χ0n) is 14.4. The Bertz CT molecular complexity index is 427. The number of nitrogens with one attached hydrogen (secondary N) is 1. The summed E-state index contributed by atoms with van der Waals surface area (Å²) >= 11 is 0. The summed E-state index contributed by atoms with van der Waals surface area (Å²) in [6.07, 6.45) is 4.04. The maximum Gasteiger partial charge on any atom is 0.118 e. The van der Waals surface area contributed by atoms with Crippen LogP contribution < -0.4 is 5.32 Å². The average molecular weight is 292 g/mol. The Hall–Kier alpha value is -0.800. The zero-order valence-corrected chi connectivity index (χ0v) is 14.4. The monoisotopic (exact) mass is 292 g/mol. The molecule has 0 bridgehead atoms. The molecule has 0 spiro atoms. The number of aryl methyl sites for hydroxylation is 1. The van der Waals surface area contributed by atoms with E-state index in [0.29, 0.717) is 6.04 Å². The predicted octanol–water partition coefficient (Wildman–Crippen LogP) is 3.68. The van der Waals surface area contributed by atoms with Crippen LogP contribution in [0, 0.1) is 24.7 Å². The van der Waals surface area contributed by atoms with E-state index < -0.39 is 0 Å². The van der Waals surface area contributed by atoms with Crippen molar-refractivity contribution in [2.45, 2.75) is 52.6 Å². The van der Waals surface area contributed by atoms with Gasteiger partial charge >= 0.3 is 0 Å². The van der Waals surface area contributed by atoms with Gasteiger partial charge in [0.15, 0.2) is 0 Å². The molecule has 2 rings (SSSR count). The van der Waals surface area contributed by atoms with E-state index in [0.717, 1.165) is 42.4 Å². The third kappa shape index (κ3) is 4.58. The smallest absolute Gasteiger partial charge is 0.118 e. The molecule has 21 heavy (non-hydrogen) atoms. The number of nitrogens with zero attached hydrogens (tertiary/aromatic N) is 1. The van der Waals surface area contributed by atoms with E-state index in [1.807, 2.05) is 6.92 Å². The van der Waals surface area contributed by atoms with Gasteiger partial charge in [0.2, 0.25) is 0 Å². The van der Waals surface area contributed by atoms with Crippen molar-refractivity contribution in [1.82, 2.24) is 10.2 Å². The van der Waals surface area contributed by atoms with Crippen molar-refractivity contribution >= 4 is 0 Å². The topological polar surface area (TPSA) is 28.4 Å². The molecule has 1 aromatic heterocycles. The molecule has 0 aliphatic heterocycles. The van der Waals surface area contributed by atoms with Crippen molar-refractivity contribution in [3.05, 3.63) is 23.7 Å². The minimum Gasteiger partial charge on any atom is -0.465 e. The lowest BCUT2D eigenvalue weighted by Crippen LogP contribution is -2.44. The Morgan fingerprint density at radius 3 is 2.67 bits per heavy atom. The number of hydrogen-bond acceptors (Lipinski definition) is 3. The molecule has 3 unspecified atom stereocenters. The fourth-order valence-electron chi connectivity index (χ4n) is 3.79. The molecule has 0 saturated heterocycles. The molecule has 1 N–H and O–H groups in total. The van der Waals surface area contributed by atoms with E-state index in [1.165, 1.54) is 19.3 Å². The van der Waals surface area contributed by atoms with Crippen LogP contribution >= 0.6 is 0 Å². The van der Waals surface area contributed by atoms with E-state index in [4.69, 9.17) is 4.42 Å². The lowest BCUT2D eigenvalue weighted by Gasteiger charge is -2.39. The van der Waals surface area contributed by atoms with Gasteiger partial charge in [0.25, 0.3) is 0 Å². The van der Waals surface area contributed by atoms with E-state index >= 15 is 0 Å². The average Bonchev–Trinajstić information content (AvgIpc) is 2.83. The van der Waals surface area contributed by atoms with Crippen molar-refractivity contribution in [2.24, 2.45) is 17.8 Å². The standard InChI is InChI=1S/C18H32N2O/c1-13(2)15-7-9-18(19-4)16(10-15)11-20(5)12-17-8-6-14(3)21-17/h6,8,13,15-16,18-19H,7,9-12H2,1-5H3. The first-order chi connectivity index (χ1) is 9.99. The Balaban J connectivity index is 1.91. The van der Waals surface area contributed by atoms with Gasteiger partial charge < -0.3 is 9.73 Å². The molecule has 120 valence electrons. The van der Waals surface area contributed by atoms with Crippen LogP contribution in [0.25, 0.3) is 0 Å². The molecule has 0 amide bonds. The maximum absolute atomic E-state index is 5.70. The maximum atomic E-state index is 5.70. The second-order valence-electron chi connectivity index (χ2n) is 7.18. The molecular formula is C18H32N2O. The van der Waals surface area contributed by atoms with E-state index in [1.54, 1.807) is 0 Å². The van der Waals surface area contributed by atoms with Crippen molar-refractivity contribution < 1.29 is 4.42 Å². The highest BCUT2D eigenvalue weighted by atomic mass is 16.3. The molecule has 1 aromatic rings. The zero-order chi connectivity index (χ0) is 15.4. The number of furan rings is 1. The minimum absolute atomic E-state index is 0.667. The molecule has 3 nitrogen and oxygen atoms in total. The summed E-state index contributed by atoms with van der Waals surface area (Å²) in [6.45, 7) is 8.81. The van der Waals surface area contributed by atoms with Gasteiger partial charge in [-0.05, 0) is 70.2 Å². The van der Waals surface area contributed by atoms with Gasteiger partial charge in [-0.15, -0.1) is 0 Å². The van der Waals surface area contributed by atoms with Crippen LogP contribution in [0.5, 0.6) is 0 Å². The predicted molar refractivity (Wildman–Crippen MR) is 88.3 cm³/mol. The van der Waals surface area contributed by atoms with Gasteiger partial charge in [0.05, 0.1) is 6.54 Å². The summed E-state index contributed by atoms with van der Waals surface area (Å²) in [5, 5.41) is 3.54. The van der Waals surface area contributed by atoms with Crippen molar-refractivity contribution in [2.75, 3.05) is 20.6 Å². The van der Waals surface area contributed by atoms with Crippen molar-refractivity contribution in [3.63, 3.8) is 0 Å². The second-order valence-corrected chi connectivity index (χ2v) is 7.18. The largest absolute Gasteiger partial charge is 0.465 e. The Kier molecular flexibility index (Phi) is 5.88. The summed E-state index contributed by atoms with van der Waals surface area (Å²) in [6, 6.07) is 4.81.